The molecule has 1 atom stereocenters. The van der Waals surface area contributed by atoms with E-state index < -0.39 is 10.0 Å². The summed E-state index contributed by atoms with van der Waals surface area (Å²) in [5.74, 6) is 0.368. The SMILES string of the molecule is CCNCc1ccc(S(=O)(=O)N(CC)CC(C)CC)cc1. The summed E-state index contributed by atoms with van der Waals surface area (Å²) < 4.78 is 26.9. The van der Waals surface area contributed by atoms with E-state index in [0.717, 1.165) is 25.1 Å². The van der Waals surface area contributed by atoms with Gasteiger partial charge >= 0.3 is 0 Å². The molecular weight excluding hydrogens is 284 g/mol. The maximum Gasteiger partial charge on any atom is 0.243 e. The van der Waals surface area contributed by atoms with Crippen molar-refractivity contribution in [3.05, 3.63) is 29.8 Å². The lowest BCUT2D eigenvalue weighted by molar-refractivity contribution is 0.361. The average Bonchev–Trinajstić information content (AvgIpc) is 2.50. The Labute approximate surface area is 129 Å². The fourth-order valence-corrected chi connectivity index (χ4v) is 3.64. The second-order valence-electron chi connectivity index (χ2n) is 5.39. The average molecular weight is 312 g/mol. The van der Waals surface area contributed by atoms with E-state index in [1.54, 1.807) is 16.4 Å². The highest BCUT2D eigenvalue weighted by Gasteiger charge is 2.24. The van der Waals surface area contributed by atoms with E-state index in [1.165, 1.54) is 0 Å². The summed E-state index contributed by atoms with van der Waals surface area (Å²) in [6.45, 7) is 10.9. The minimum atomic E-state index is -3.38. The number of benzene rings is 1. The molecule has 0 aliphatic rings. The maximum atomic E-state index is 12.7. The zero-order valence-electron chi connectivity index (χ0n) is 13.6. The number of hydrogen-bond acceptors (Lipinski definition) is 3. The second-order valence-corrected chi connectivity index (χ2v) is 7.33. The first-order chi connectivity index (χ1) is 9.95. The van der Waals surface area contributed by atoms with Gasteiger partial charge in [0.2, 0.25) is 10.0 Å². The van der Waals surface area contributed by atoms with Gasteiger partial charge in [0, 0.05) is 19.6 Å². The van der Waals surface area contributed by atoms with Crippen molar-refractivity contribution < 1.29 is 8.42 Å². The molecule has 0 radical (unpaired) electrons. The molecule has 1 N–H and O–H groups in total. The standard InChI is InChI=1S/C16H28N2O2S/c1-5-14(4)13-18(7-3)21(19,20)16-10-8-15(9-11-16)12-17-6-2/h8-11,14,17H,5-7,12-13H2,1-4H3. The molecule has 0 spiro atoms. The Morgan fingerprint density at radius 1 is 1.14 bits per heavy atom. The van der Waals surface area contributed by atoms with Gasteiger partial charge in [-0.2, -0.15) is 4.31 Å². The summed E-state index contributed by atoms with van der Waals surface area (Å²) in [5, 5.41) is 3.23. The van der Waals surface area contributed by atoms with Crippen molar-refractivity contribution in [1.29, 1.82) is 0 Å². The van der Waals surface area contributed by atoms with Gasteiger partial charge in [0.15, 0.2) is 0 Å². The minimum Gasteiger partial charge on any atom is -0.313 e. The zero-order chi connectivity index (χ0) is 15.9. The van der Waals surface area contributed by atoms with Gasteiger partial charge in [0.05, 0.1) is 4.90 Å². The number of nitrogens with one attached hydrogen (secondary N) is 1. The molecule has 1 aromatic carbocycles. The summed E-state index contributed by atoms with van der Waals surface area (Å²) in [4.78, 5) is 0.382. The first-order valence-corrected chi connectivity index (χ1v) is 9.19. The van der Waals surface area contributed by atoms with Crippen LogP contribution >= 0.6 is 0 Å². The van der Waals surface area contributed by atoms with Crippen LogP contribution in [0.3, 0.4) is 0 Å². The Kier molecular flexibility index (Phi) is 7.35. The molecule has 0 aromatic heterocycles. The predicted molar refractivity (Wildman–Crippen MR) is 87.7 cm³/mol. The Morgan fingerprint density at radius 3 is 2.24 bits per heavy atom. The largest absolute Gasteiger partial charge is 0.313 e. The van der Waals surface area contributed by atoms with Gasteiger partial charge in [-0.05, 0) is 30.2 Å². The van der Waals surface area contributed by atoms with Crippen LogP contribution in [-0.4, -0.2) is 32.4 Å². The van der Waals surface area contributed by atoms with Gasteiger partial charge in [0.25, 0.3) is 0 Å². The zero-order valence-corrected chi connectivity index (χ0v) is 14.4. The van der Waals surface area contributed by atoms with E-state index in [2.05, 4.69) is 19.2 Å². The van der Waals surface area contributed by atoms with Crippen LogP contribution < -0.4 is 5.32 Å². The minimum absolute atomic E-state index is 0.368. The quantitative estimate of drug-likeness (QED) is 0.763. The lowest BCUT2D eigenvalue weighted by Gasteiger charge is -2.23. The highest BCUT2D eigenvalue weighted by Crippen LogP contribution is 2.18. The first kappa shape index (κ1) is 18.1. The van der Waals surface area contributed by atoms with Crippen LogP contribution in [0.25, 0.3) is 0 Å². The number of nitrogens with zero attached hydrogens (tertiary/aromatic N) is 1. The molecule has 120 valence electrons. The molecule has 0 saturated carbocycles. The van der Waals surface area contributed by atoms with Gasteiger partial charge in [-0.3, -0.25) is 0 Å². The predicted octanol–water partition coefficient (Wildman–Crippen LogP) is 2.85. The van der Waals surface area contributed by atoms with Crippen LogP contribution in [0, 0.1) is 5.92 Å². The molecule has 0 fully saturated rings. The Hall–Kier alpha value is -0.910. The molecule has 5 heteroatoms. The first-order valence-electron chi connectivity index (χ1n) is 7.75. The fourth-order valence-electron chi connectivity index (χ4n) is 2.07. The third kappa shape index (κ3) is 5.09. The monoisotopic (exact) mass is 312 g/mol. The number of hydrogen-bond donors (Lipinski definition) is 1. The number of sulfonamides is 1. The third-order valence-electron chi connectivity index (χ3n) is 3.71. The van der Waals surface area contributed by atoms with E-state index >= 15 is 0 Å². The van der Waals surface area contributed by atoms with Crippen LogP contribution in [0.1, 0.15) is 39.7 Å². The van der Waals surface area contributed by atoms with Gasteiger partial charge in [-0.15, -0.1) is 0 Å². The van der Waals surface area contributed by atoms with Crippen LogP contribution in [0.2, 0.25) is 0 Å². The van der Waals surface area contributed by atoms with Crippen molar-refractivity contribution in [2.45, 2.75) is 45.6 Å². The molecule has 0 bridgehead atoms. The summed E-state index contributed by atoms with van der Waals surface area (Å²) in [6.07, 6.45) is 0.980. The third-order valence-corrected chi connectivity index (χ3v) is 5.66. The summed E-state index contributed by atoms with van der Waals surface area (Å²) >= 11 is 0. The fraction of sp³-hybridized carbons (Fsp3) is 0.625. The normalized spacial score (nSPS) is 13.6. The topological polar surface area (TPSA) is 49.4 Å². The summed E-state index contributed by atoms with van der Waals surface area (Å²) in [6, 6.07) is 7.18. The lowest BCUT2D eigenvalue weighted by atomic mass is 10.1. The van der Waals surface area contributed by atoms with Gasteiger partial charge in [0.1, 0.15) is 0 Å². The molecule has 0 aliphatic carbocycles. The molecule has 0 saturated heterocycles. The van der Waals surface area contributed by atoms with E-state index in [4.69, 9.17) is 0 Å². The molecule has 21 heavy (non-hydrogen) atoms. The lowest BCUT2D eigenvalue weighted by Crippen LogP contribution is -2.34. The van der Waals surface area contributed by atoms with E-state index in [9.17, 15) is 8.42 Å². The van der Waals surface area contributed by atoms with Crippen LogP contribution in [0.4, 0.5) is 0 Å². The molecule has 0 amide bonds. The smallest absolute Gasteiger partial charge is 0.243 e. The van der Waals surface area contributed by atoms with Crippen molar-refractivity contribution in [2.75, 3.05) is 19.6 Å². The van der Waals surface area contributed by atoms with Gasteiger partial charge in [-0.1, -0.05) is 46.2 Å². The molecule has 1 rings (SSSR count). The second kappa shape index (κ2) is 8.51. The molecule has 4 nitrogen and oxygen atoms in total. The van der Waals surface area contributed by atoms with E-state index in [1.807, 2.05) is 26.0 Å². The van der Waals surface area contributed by atoms with Crippen molar-refractivity contribution in [3.63, 3.8) is 0 Å². The van der Waals surface area contributed by atoms with Crippen LogP contribution in [-0.2, 0) is 16.6 Å². The Morgan fingerprint density at radius 2 is 1.76 bits per heavy atom. The molecule has 1 unspecified atom stereocenters. The van der Waals surface area contributed by atoms with Crippen molar-refractivity contribution in [3.8, 4) is 0 Å². The van der Waals surface area contributed by atoms with Crippen molar-refractivity contribution in [2.24, 2.45) is 5.92 Å². The maximum absolute atomic E-state index is 12.7. The Balaban J connectivity index is 2.89. The van der Waals surface area contributed by atoms with Crippen LogP contribution in [0.15, 0.2) is 29.2 Å². The van der Waals surface area contributed by atoms with E-state index in [-0.39, 0.29) is 0 Å². The molecule has 0 aliphatic heterocycles. The highest BCUT2D eigenvalue weighted by molar-refractivity contribution is 7.89. The molecule has 1 aromatic rings. The van der Waals surface area contributed by atoms with Gasteiger partial charge < -0.3 is 5.32 Å². The van der Waals surface area contributed by atoms with Gasteiger partial charge in [-0.25, -0.2) is 8.42 Å². The number of rotatable bonds is 9. The molecular formula is C16H28N2O2S. The highest BCUT2D eigenvalue weighted by atomic mass is 32.2. The summed E-state index contributed by atoms with van der Waals surface area (Å²) in [5.41, 5.74) is 1.10. The summed E-state index contributed by atoms with van der Waals surface area (Å²) in [7, 11) is -3.38. The van der Waals surface area contributed by atoms with Crippen molar-refractivity contribution >= 4 is 10.0 Å². The molecule has 0 heterocycles. The van der Waals surface area contributed by atoms with Crippen molar-refractivity contribution in [1.82, 2.24) is 9.62 Å². The van der Waals surface area contributed by atoms with E-state index in [0.29, 0.717) is 23.9 Å². The Bertz CT molecular complexity index is 512. The van der Waals surface area contributed by atoms with Crippen LogP contribution in [0.5, 0.6) is 0 Å².